The molecule has 0 heterocycles. The minimum absolute atomic E-state index is 0.152. The van der Waals surface area contributed by atoms with Gasteiger partial charge in [-0.15, -0.1) is 0 Å². The molecule has 0 saturated carbocycles. The van der Waals surface area contributed by atoms with Crippen molar-refractivity contribution < 1.29 is 9.18 Å². The van der Waals surface area contributed by atoms with Gasteiger partial charge in [-0.2, -0.15) is 5.26 Å². The fourth-order valence-corrected chi connectivity index (χ4v) is 1.08. The van der Waals surface area contributed by atoms with E-state index in [0.29, 0.717) is 11.1 Å². The summed E-state index contributed by atoms with van der Waals surface area (Å²) in [4.78, 5) is 10.7. The first-order valence-electron chi connectivity index (χ1n) is 4.22. The lowest BCUT2D eigenvalue weighted by Crippen LogP contribution is -2.12. The van der Waals surface area contributed by atoms with E-state index >= 15 is 0 Å². The van der Waals surface area contributed by atoms with Crippen molar-refractivity contribution in [2.75, 3.05) is 0 Å². The van der Waals surface area contributed by atoms with Crippen molar-refractivity contribution in [1.29, 1.82) is 5.26 Å². The van der Waals surface area contributed by atoms with Crippen molar-refractivity contribution in [2.45, 2.75) is 6.92 Å². The molecule has 0 aliphatic carbocycles. The molecule has 0 spiro atoms. The van der Waals surface area contributed by atoms with Gasteiger partial charge in [-0.1, -0.05) is 6.07 Å². The first-order valence-corrected chi connectivity index (χ1v) is 4.22. The number of hydrogen-bond donors (Lipinski definition) is 1. The number of nitrogens with zero attached hydrogens (tertiary/aromatic N) is 1. The Labute approximate surface area is 86.6 Å². The largest absolute Gasteiger partial charge is 0.365 e. The molecule has 0 saturated heterocycles. The van der Waals surface area contributed by atoms with Crippen LogP contribution in [0.25, 0.3) is 6.08 Å². The highest BCUT2D eigenvalue weighted by Gasteiger charge is 2.04. The van der Waals surface area contributed by atoms with E-state index in [0.717, 1.165) is 0 Å². The second-order valence-electron chi connectivity index (χ2n) is 3.04. The molecule has 76 valence electrons. The number of rotatable bonds is 2. The lowest BCUT2D eigenvalue weighted by atomic mass is 10.1. The van der Waals surface area contributed by atoms with E-state index in [1.54, 1.807) is 13.0 Å². The predicted molar refractivity (Wildman–Crippen MR) is 53.9 cm³/mol. The number of carbonyl (C=O) groups is 1. The van der Waals surface area contributed by atoms with Gasteiger partial charge in [0.05, 0.1) is 0 Å². The third kappa shape index (κ3) is 2.64. The summed E-state index contributed by atoms with van der Waals surface area (Å²) in [5, 5.41) is 8.59. The van der Waals surface area contributed by atoms with Crippen LogP contribution in [-0.4, -0.2) is 5.91 Å². The molecule has 1 amide bonds. The van der Waals surface area contributed by atoms with Crippen molar-refractivity contribution in [3.63, 3.8) is 0 Å². The van der Waals surface area contributed by atoms with Gasteiger partial charge in [0, 0.05) is 0 Å². The smallest absolute Gasteiger partial charge is 0.259 e. The summed E-state index contributed by atoms with van der Waals surface area (Å²) >= 11 is 0. The van der Waals surface area contributed by atoms with Crippen LogP contribution in [0.1, 0.15) is 11.1 Å². The number of carbonyl (C=O) groups excluding carboxylic acids is 1. The Morgan fingerprint density at radius 1 is 1.60 bits per heavy atom. The normalized spacial score (nSPS) is 10.9. The van der Waals surface area contributed by atoms with E-state index in [4.69, 9.17) is 11.0 Å². The van der Waals surface area contributed by atoms with Crippen molar-refractivity contribution in [1.82, 2.24) is 0 Å². The van der Waals surface area contributed by atoms with Gasteiger partial charge in [-0.25, -0.2) is 4.39 Å². The van der Waals surface area contributed by atoms with E-state index in [9.17, 15) is 9.18 Å². The van der Waals surface area contributed by atoms with E-state index in [-0.39, 0.29) is 11.4 Å². The Morgan fingerprint density at radius 3 is 2.73 bits per heavy atom. The van der Waals surface area contributed by atoms with Crippen LogP contribution < -0.4 is 5.73 Å². The third-order valence-electron chi connectivity index (χ3n) is 1.88. The fraction of sp³-hybridized carbons (Fsp3) is 0.0909. The lowest BCUT2D eigenvalue weighted by molar-refractivity contribution is -0.114. The minimum Gasteiger partial charge on any atom is -0.365 e. The molecule has 0 bridgehead atoms. The van der Waals surface area contributed by atoms with Crippen LogP contribution in [0.15, 0.2) is 23.8 Å². The topological polar surface area (TPSA) is 66.9 Å². The van der Waals surface area contributed by atoms with Gasteiger partial charge in [0.2, 0.25) is 0 Å². The Hall–Kier alpha value is -2.15. The molecule has 4 heteroatoms. The summed E-state index contributed by atoms with van der Waals surface area (Å²) in [5.41, 5.74) is 5.83. The molecule has 2 N–H and O–H groups in total. The molecule has 0 fully saturated rings. The number of nitrogens with two attached hydrogens (primary N) is 1. The Morgan fingerprint density at radius 2 is 2.27 bits per heavy atom. The van der Waals surface area contributed by atoms with Gasteiger partial charge in [-0.3, -0.25) is 4.79 Å². The fourth-order valence-electron chi connectivity index (χ4n) is 1.08. The van der Waals surface area contributed by atoms with Crippen LogP contribution >= 0.6 is 0 Å². The molecule has 0 radical (unpaired) electrons. The highest BCUT2D eigenvalue weighted by Crippen LogP contribution is 2.12. The van der Waals surface area contributed by atoms with Crippen LogP contribution in [0.4, 0.5) is 4.39 Å². The molecule has 15 heavy (non-hydrogen) atoms. The number of nitriles is 1. The zero-order valence-electron chi connectivity index (χ0n) is 8.12. The lowest BCUT2D eigenvalue weighted by Gasteiger charge is -1.98. The van der Waals surface area contributed by atoms with Crippen LogP contribution in [0, 0.1) is 24.1 Å². The van der Waals surface area contributed by atoms with Gasteiger partial charge >= 0.3 is 0 Å². The number of halogens is 1. The SMILES string of the molecule is Cc1cc(/C=C(\C#N)C(N)=O)ccc1F. The highest BCUT2D eigenvalue weighted by molar-refractivity contribution is 6.00. The Kier molecular flexibility index (Phi) is 3.19. The van der Waals surface area contributed by atoms with E-state index in [1.165, 1.54) is 24.3 Å². The third-order valence-corrected chi connectivity index (χ3v) is 1.88. The van der Waals surface area contributed by atoms with Crippen molar-refractivity contribution >= 4 is 12.0 Å². The zero-order chi connectivity index (χ0) is 11.4. The molecular formula is C11H9FN2O. The number of aryl methyl sites for hydroxylation is 1. The molecule has 1 aromatic rings. The number of primary amides is 1. The number of benzene rings is 1. The van der Waals surface area contributed by atoms with Gasteiger partial charge in [-0.05, 0) is 36.3 Å². The van der Waals surface area contributed by atoms with Gasteiger partial charge < -0.3 is 5.73 Å². The summed E-state index contributed by atoms with van der Waals surface area (Å²) in [6.07, 6.45) is 1.33. The van der Waals surface area contributed by atoms with Crippen LogP contribution in [0.2, 0.25) is 0 Å². The van der Waals surface area contributed by atoms with Gasteiger partial charge in [0.25, 0.3) is 5.91 Å². The second kappa shape index (κ2) is 4.38. The summed E-state index contributed by atoms with van der Waals surface area (Å²) in [6, 6.07) is 5.96. The maximum atomic E-state index is 12.9. The van der Waals surface area contributed by atoms with Crippen molar-refractivity contribution in [2.24, 2.45) is 5.73 Å². The molecule has 0 aliphatic rings. The molecule has 1 rings (SSSR count). The molecule has 3 nitrogen and oxygen atoms in total. The van der Waals surface area contributed by atoms with Crippen LogP contribution in [-0.2, 0) is 4.79 Å². The minimum atomic E-state index is -0.792. The van der Waals surface area contributed by atoms with Crippen molar-refractivity contribution in [3.05, 3.63) is 40.7 Å². The molecule has 0 atom stereocenters. The number of amides is 1. The molecule has 0 unspecified atom stereocenters. The molecule has 1 aromatic carbocycles. The van der Waals surface area contributed by atoms with E-state index in [2.05, 4.69) is 0 Å². The highest BCUT2D eigenvalue weighted by atomic mass is 19.1. The zero-order valence-corrected chi connectivity index (χ0v) is 8.12. The molecule has 0 aromatic heterocycles. The van der Waals surface area contributed by atoms with Gasteiger partial charge in [0.1, 0.15) is 17.5 Å². The quantitative estimate of drug-likeness (QED) is 0.586. The van der Waals surface area contributed by atoms with Crippen molar-refractivity contribution in [3.8, 4) is 6.07 Å². The summed E-state index contributed by atoms with van der Waals surface area (Å²) < 4.78 is 12.9. The van der Waals surface area contributed by atoms with E-state index < -0.39 is 5.91 Å². The van der Waals surface area contributed by atoms with E-state index in [1.807, 2.05) is 0 Å². The summed E-state index contributed by atoms with van der Waals surface area (Å²) in [6.45, 7) is 1.60. The maximum absolute atomic E-state index is 12.9. The number of hydrogen-bond acceptors (Lipinski definition) is 2. The van der Waals surface area contributed by atoms with Crippen LogP contribution in [0.5, 0.6) is 0 Å². The molecular weight excluding hydrogens is 195 g/mol. The Bertz CT molecular complexity index is 472. The average molecular weight is 204 g/mol. The first-order chi connectivity index (χ1) is 7.04. The maximum Gasteiger partial charge on any atom is 0.259 e. The van der Waals surface area contributed by atoms with Gasteiger partial charge in [0.15, 0.2) is 0 Å². The van der Waals surface area contributed by atoms with Crippen LogP contribution in [0.3, 0.4) is 0 Å². The predicted octanol–water partition coefficient (Wildman–Crippen LogP) is 1.53. The summed E-state index contributed by atoms with van der Waals surface area (Å²) in [7, 11) is 0. The first kappa shape index (κ1) is 10.9. The molecule has 0 aliphatic heterocycles. The Balaban J connectivity index is 3.14. The second-order valence-corrected chi connectivity index (χ2v) is 3.04. The monoisotopic (exact) mass is 204 g/mol. The standard InChI is InChI=1S/C11H9FN2O/c1-7-4-8(2-3-10(7)12)5-9(6-13)11(14)15/h2-5H,1H3,(H2,14,15)/b9-5+. The summed E-state index contributed by atoms with van der Waals surface area (Å²) in [5.74, 6) is -1.12. The average Bonchev–Trinajstić information content (AvgIpc) is 2.19.